The number of piperidine rings is 1. The van der Waals surface area contributed by atoms with Gasteiger partial charge in [-0.25, -0.2) is 4.79 Å². The van der Waals surface area contributed by atoms with Crippen LogP contribution in [0.2, 0.25) is 0 Å². The molecule has 1 saturated heterocycles. The molecule has 1 aliphatic rings. The van der Waals surface area contributed by atoms with Gasteiger partial charge < -0.3 is 10.0 Å². The molecule has 0 aromatic carbocycles. The van der Waals surface area contributed by atoms with Gasteiger partial charge in [0.05, 0.1) is 0 Å². The van der Waals surface area contributed by atoms with E-state index in [0.29, 0.717) is 24.1 Å². The summed E-state index contributed by atoms with van der Waals surface area (Å²) in [5.74, 6) is 0.335. The molecule has 1 fully saturated rings. The molecule has 0 spiro atoms. The number of likely N-dealkylation sites (tertiary alicyclic amines) is 1. The van der Waals surface area contributed by atoms with Gasteiger partial charge in [-0.05, 0) is 25.2 Å². The molecule has 1 aromatic rings. The van der Waals surface area contributed by atoms with E-state index in [4.69, 9.17) is 5.11 Å². The lowest BCUT2D eigenvalue weighted by molar-refractivity contribution is 0.143. The van der Waals surface area contributed by atoms with E-state index >= 15 is 0 Å². The Kier molecular flexibility index (Phi) is 4.48. The van der Waals surface area contributed by atoms with Crippen LogP contribution in [0.5, 0.6) is 0 Å². The van der Waals surface area contributed by atoms with Crippen molar-refractivity contribution >= 4 is 22.5 Å². The maximum absolute atomic E-state index is 12.0. The lowest BCUT2D eigenvalue weighted by atomic mass is 9.98. The molecule has 1 aliphatic heterocycles. The molecule has 2 N–H and O–H groups in total. The zero-order chi connectivity index (χ0) is 13.0. The monoisotopic (exact) mass is 270 g/mol. The van der Waals surface area contributed by atoms with E-state index in [0.717, 1.165) is 24.3 Å². The van der Waals surface area contributed by atoms with Gasteiger partial charge in [0, 0.05) is 19.7 Å². The number of rotatable bonds is 3. The third-order valence-corrected chi connectivity index (χ3v) is 4.13. The molecule has 18 heavy (non-hydrogen) atoms. The number of aromatic nitrogens is 2. The number of aliphatic hydroxyl groups is 1. The minimum absolute atomic E-state index is 0.120. The molecule has 2 rings (SSSR count). The van der Waals surface area contributed by atoms with Crippen molar-refractivity contribution in [3.05, 3.63) is 5.01 Å². The van der Waals surface area contributed by atoms with Crippen molar-refractivity contribution in [1.82, 2.24) is 15.1 Å². The highest BCUT2D eigenvalue weighted by Gasteiger charge is 2.22. The number of carbonyl (C=O) groups is 1. The molecular weight excluding hydrogens is 252 g/mol. The number of carbonyl (C=O) groups excluding carboxylic acids is 1. The Hall–Kier alpha value is -1.21. The second-order valence-electron chi connectivity index (χ2n) is 4.40. The number of hydrogen-bond acceptors (Lipinski definition) is 5. The second kappa shape index (κ2) is 6.10. The normalized spacial score (nSPS) is 16.9. The van der Waals surface area contributed by atoms with Gasteiger partial charge in [-0.3, -0.25) is 5.32 Å². The molecule has 0 aliphatic carbocycles. The predicted molar refractivity (Wildman–Crippen MR) is 69.7 cm³/mol. The number of anilines is 1. The lowest BCUT2D eigenvalue weighted by Gasteiger charge is -2.30. The Balaban J connectivity index is 1.85. The van der Waals surface area contributed by atoms with E-state index in [-0.39, 0.29) is 12.6 Å². The molecule has 0 radical (unpaired) electrons. The van der Waals surface area contributed by atoms with Gasteiger partial charge in [0.25, 0.3) is 0 Å². The first-order valence-corrected chi connectivity index (χ1v) is 7.03. The van der Waals surface area contributed by atoms with E-state index < -0.39 is 0 Å². The van der Waals surface area contributed by atoms with E-state index in [1.54, 1.807) is 4.90 Å². The predicted octanol–water partition coefficient (Wildman–Crippen LogP) is 1.34. The van der Waals surface area contributed by atoms with Crippen LogP contribution in [0.25, 0.3) is 0 Å². The van der Waals surface area contributed by atoms with Crippen LogP contribution in [-0.4, -0.2) is 45.9 Å². The van der Waals surface area contributed by atoms with Crippen molar-refractivity contribution in [2.75, 3.05) is 25.0 Å². The second-order valence-corrected chi connectivity index (χ2v) is 5.46. The summed E-state index contributed by atoms with van der Waals surface area (Å²) in [6.45, 7) is 3.60. The molecule has 0 bridgehead atoms. The van der Waals surface area contributed by atoms with Gasteiger partial charge in [-0.1, -0.05) is 18.3 Å². The average molecular weight is 270 g/mol. The first-order valence-electron chi connectivity index (χ1n) is 6.22. The Morgan fingerprint density at radius 2 is 2.22 bits per heavy atom. The first-order chi connectivity index (χ1) is 8.72. The smallest absolute Gasteiger partial charge is 0.323 e. The Morgan fingerprint density at radius 1 is 1.50 bits per heavy atom. The summed E-state index contributed by atoms with van der Waals surface area (Å²) in [7, 11) is 0. The van der Waals surface area contributed by atoms with Crippen molar-refractivity contribution in [1.29, 1.82) is 0 Å². The highest BCUT2D eigenvalue weighted by Crippen LogP contribution is 2.19. The molecule has 0 atom stereocenters. The summed E-state index contributed by atoms with van der Waals surface area (Å²) in [6, 6.07) is -0.120. The van der Waals surface area contributed by atoms with Gasteiger partial charge in [-0.2, -0.15) is 0 Å². The molecule has 7 heteroatoms. The molecule has 2 amide bonds. The topological polar surface area (TPSA) is 78.4 Å². The van der Waals surface area contributed by atoms with E-state index in [1.807, 2.05) is 6.92 Å². The number of aliphatic hydroxyl groups excluding tert-OH is 1. The SMILES string of the molecule is CCc1nnc(NC(=O)N2CCC(CO)CC2)s1. The van der Waals surface area contributed by atoms with Gasteiger partial charge in [-0.15, -0.1) is 10.2 Å². The summed E-state index contributed by atoms with van der Waals surface area (Å²) in [5, 5.41) is 21.2. The molecule has 0 unspecified atom stereocenters. The average Bonchev–Trinajstić information content (AvgIpc) is 2.86. The Labute approximate surface area is 110 Å². The fourth-order valence-corrected chi connectivity index (χ4v) is 2.61. The number of nitrogens with one attached hydrogen (secondary N) is 1. The molecule has 2 heterocycles. The van der Waals surface area contributed by atoms with Crippen molar-refractivity contribution in [2.45, 2.75) is 26.2 Å². The third kappa shape index (κ3) is 3.17. The highest BCUT2D eigenvalue weighted by molar-refractivity contribution is 7.15. The van der Waals surface area contributed by atoms with Crippen LogP contribution < -0.4 is 5.32 Å². The Bertz CT molecular complexity index is 402. The molecule has 0 saturated carbocycles. The third-order valence-electron chi connectivity index (χ3n) is 3.14. The van der Waals surface area contributed by atoms with E-state index in [9.17, 15) is 4.79 Å². The summed E-state index contributed by atoms with van der Waals surface area (Å²) in [6.07, 6.45) is 2.55. The summed E-state index contributed by atoms with van der Waals surface area (Å²) >= 11 is 1.41. The van der Waals surface area contributed by atoms with Crippen molar-refractivity contribution in [3.63, 3.8) is 0 Å². The maximum Gasteiger partial charge on any atom is 0.323 e. The summed E-state index contributed by atoms with van der Waals surface area (Å²) in [5.41, 5.74) is 0. The zero-order valence-corrected chi connectivity index (χ0v) is 11.2. The molecule has 6 nitrogen and oxygen atoms in total. The number of nitrogens with zero attached hydrogens (tertiary/aromatic N) is 3. The fraction of sp³-hybridized carbons (Fsp3) is 0.727. The highest BCUT2D eigenvalue weighted by atomic mass is 32.1. The number of aryl methyl sites for hydroxylation is 1. The molecular formula is C11H18N4O2S. The quantitative estimate of drug-likeness (QED) is 0.868. The molecule has 1 aromatic heterocycles. The van der Waals surface area contributed by atoms with Crippen LogP contribution in [-0.2, 0) is 6.42 Å². The van der Waals surface area contributed by atoms with Crippen LogP contribution >= 0.6 is 11.3 Å². The van der Waals surface area contributed by atoms with Crippen LogP contribution in [0.4, 0.5) is 9.93 Å². The van der Waals surface area contributed by atoms with Crippen LogP contribution in [0, 0.1) is 5.92 Å². The van der Waals surface area contributed by atoms with E-state index in [1.165, 1.54) is 11.3 Å². The first kappa shape index (κ1) is 13.2. The number of amides is 2. The lowest BCUT2D eigenvalue weighted by Crippen LogP contribution is -2.41. The molecule has 100 valence electrons. The van der Waals surface area contributed by atoms with Gasteiger partial charge in [0.2, 0.25) is 5.13 Å². The number of urea groups is 1. The minimum atomic E-state index is -0.120. The van der Waals surface area contributed by atoms with Gasteiger partial charge >= 0.3 is 6.03 Å². The van der Waals surface area contributed by atoms with Crippen molar-refractivity contribution < 1.29 is 9.90 Å². The van der Waals surface area contributed by atoms with Crippen LogP contribution in [0.1, 0.15) is 24.8 Å². The van der Waals surface area contributed by atoms with Crippen LogP contribution in [0.15, 0.2) is 0 Å². The standard InChI is InChI=1S/C11H18N4O2S/c1-2-9-13-14-10(18-9)12-11(17)15-5-3-8(7-16)4-6-15/h8,16H,2-7H2,1H3,(H,12,14,17). The van der Waals surface area contributed by atoms with Crippen molar-refractivity contribution in [3.8, 4) is 0 Å². The van der Waals surface area contributed by atoms with E-state index in [2.05, 4.69) is 15.5 Å². The van der Waals surface area contributed by atoms with Crippen LogP contribution in [0.3, 0.4) is 0 Å². The van der Waals surface area contributed by atoms with Gasteiger partial charge in [0.15, 0.2) is 0 Å². The Morgan fingerprint density at radius 3 is 2.78 bits per heavy atom. The summed E-state index contributed by atoms with van der Waals surface area (Å²) in [4.78, 5) is 13.7. The van der Waals surface area contributed by atoms with Gasteiger partial charge in [0.1, 0.15) is 5.01 Å². The van der Waals surface area contributed by atoms with Crippen molar-refractivity contribution in [2.24, 2.45) is 5.92 Å². The fourth-order valence-electron chi connectivity index (χ4n) is 1.94. The largest absolute Gasteiger partial charge is 0.396 e. The maximum atomic E-state index is 12.0. The zero-order valence-electron chi connectivity index (χ0n) is 10.4. The number of hydrogen-bond donors (Lipinski definition) is 2. The minimum Gasteiger partial charge on any atom is -0.396 e. The summed E-state index contributed by atoms with van der Waals surface area (Å²) < 4.78 is 0.